The van der Waals surface area contributed by atoms with Gasteiger partial charge in [-0.15, -0.1) is 28.5 Å². The average Bonchev–Trinajstić information content (AvgIpc) is 3.15. The first-order chi connectivity index (χ1) is 15.5. The third-order valence-corrected chi connectivity index (χ3v) is 6.21. The Bertz CT molecular complexity index is 1100. The Balaban J connectivity index is 1.56. The van der Waals surface area contributed by atoms with Crippen LogP contribution in [0.4, 0.5) is 10.1 Å². The minimum absolute atomic E-state index is 0.0926. The Hall–Kier alpha value is -3.11. The summed E-state index contributed by atoms with van der Waals surface area (Å²) in [5, 5.41) is 20.8. The molecule has 0 spiro atoms. The van der Waals surface area contributed by atoms with Gasteiger partial charge in [-0.1, -0.05) is 36.0 Å². The Morgan fingerprint density at radius 1 is 1.16 bits per heavy atom. The van der Waals surface area contributed by atoms with Crippen LogP contribution < -0.4 is 5.32 Å². The highest BCUT2D eigenvalue weighted by Crippen LogP contribution is 2.22. The number of thioether (sulfide) groups is 2. The van der Waals surface area contributed by atoms with E-state index in [1.54, 1.807) is 42.1 Å². The van der Waals surface area contributed by atoms with E-state index < -0.39 is 5.97 Å². The average molecular weight is 473 g/mol. The number of nitrogens with one attached hydrogen (secondary N) is 1. The third kappa shape index (κ3) is 6.69. The Kier molecular flexibility index (Phi) is 8.46. The largest absolute Gasteiger partial charge is 0.478 e. The second-order valence-electron chi connectivity index (χ2n) is 6.64. The van der Waals surface area contributed by atoms with Crippen LogP contribution in [0.1, 0.15) is 21.7 Å². The molecule has 10 heteroatoms. The number of aromatic carboxylic acids is 1. The Labute approximate surface area is 193 Å². The van der Waals surface area contributed by atoms with Crippen molar-refractivity contribution < 1.29 is 19.1 Å². The third-order valence-electron chi connectivity index (χ3n) is 4.24. The van der Waals surface area contributed by atoms with Gasteiger partial charge in [-0.05, 0) is 35.9 Å². The predicted molar refractivity (Wildman–Crippen MR) is 124 cm³/mol. The second-order valence-corrected chi connectivity index (χ2v) is 8.57. The van der Waals surface area contributed by atoms with E-state index in [0.717, 1.165) is 11.4 Å². The molecule has 32 heavy (non-hydrogen) atoms. The number of carbonyl (C=O) groups is 2. The molecule has 0 radical (unpaired) electrons. The predicted octanol–water partition coefficient (Wildman–Crippen LogP) is 4.47. The van der Waals surface area contributed by atoms with Crippen LogP contribution in [0.25, 0.3) is 0 Å². The van der Waals surface area contributed by atoms with E-state index in [0.29, 0.717) is 28.9 Å². The van der Waals surface area contributed by atoms with Crippen LogP contribution in [0.15, 0.2) is 66.3 Å². The number of carbonyl (C=O) groups excluding carboxylic acids is 1. The number of halogens is 1. The molecule has 0 unspecified atom stereocenters. The Morgan fingerprint density at radius 3 is 2.66 bits per heavy atom. The second kappa shape index (κ2) is 11.5. The fraction of sp³-hybridized carbons (Fsp3) is 0.182. The summed E-state index contributed by atoms with van der Waals surface area (Å²) in [7, 11) is 0. The van der Waals surface area contributed by atoms with Gasteiger partial charge in [0.25, 0.3) is 0 Å². The summed E-state index contributed by atoms with van der Waals surface area (Å²) < 4.78 is 14.9. The van der Waals surface area contributed by atoms with Gasteiger partial charge < -0.3 is 15.0 Å². The van der Waals surface area contributed by atoms with Gasteiger partial charge >= 0.3 is 5.97 Å². The highest BCUT2D eigenvalue weighted by Gasteiger charge is 2.14. The summed E-state index contributed by atoms with van der Waals surface area (Å²) in [6.45, 7) is 4.28. The molecule has 1 aromatic heterocycles. The Morgan fingerprint density at radius 2 is 1.94 bits per heavy atom. The molecule has 0 aliphatic heterocycles. The summed E-state index contributed by atoms with van der Waals surface area (Å²) in [5.41, 5.74) is 1.54. The normalized spacial score (nSPS) is 10.7. The molecule has 1 heterocycles. The smallest absolute Gasteiger partial charge is 0.335 e. The number of benzene rings is 2. The molecule has 3 rings (SSSR count). The van der Waals surface area contributed by atoms with Crippen LogP contribution in [0.5, 0.6) is 0 Å². The lowest BCUT2D eigenvalue weighted by Crippen LogP contribution is -2.15. The lowest BCUT2D eigenvalue weighted by atomic mass is 10.2. The zero-order valence-corrected chi connectivity index (χ0v) is 18.7. The van der Waals surface area contributed by atoms with E-state index in [4.69, 9.17) is 5.11 Å². The van der Waals surface area contributed by atoms with Crippen molar-refractivity contribution in [1.29, 1.82) is 0 Å². The first kappa shape index (κ1) is 23.6. The molecular weight excluding hydrogens is 451 g/mol. The van der Waals surface area contributed by atoms with Gasteiger partial charge in [0.15, 0.2) is 5.16 Å². The molecule has 1 amide bonds. The minimum Gasteiger partial charge on any atom is -0.478 e. The van der Waals surface area contributed by atoms with Gasteiger partial charge in [-0.25, -0.2) is 9.18 Å². The van der Waals surface area contributed by atoms with E-state index in [1.165, 1.54) is 36.0 Å². The summed E-state index contributed by atoms with van der Waals surface area (Å²) >= 11 is 2.87. The van der Waals surface area contributed by atoms with Crippen molar-refractivity contribution in [2.45, 2.75) is 23.2 Å². The number of rotatable bonds is 11. The standard InChI is InChI=1S/C22H21FN4O3S2/c1-2-10-27-19(13-31-12-15-6-8-17(23)9-7-15)25-26-22(27)32-14-20(28)24-18-5-3-4-16(11-18)21(29)30/h2-9,11H,1,10,12-14H2,(H,24,28)(H,29,30). The molecule has 2 N–H and O–H groups in total. The van der Waals surface area contributed by atoms with Crippen LogP contribution in [-0.4, -0.2) is 37.5 Å². The number of carboxylic acids is 1. The molecule has 2 aromatic carbocycles. The van der Waals surface area contributed by atoms with Gasteiger partial charge in [0.05, 0.1) is 17.1 Å². The van der Waals surface area contributed by atoms with Crippen LogP contribution in [0.3, 0.4) is 0 Å². The molecule has 166 valence electrons. The van der Waals surface area contributed by atoms with Crippen molar-refractivity contribution in [3.05, 3.63) is 84.0 Å². The van der Waals surface area contributed by atoms with Crippen LogP contribution in [0, 0.1) is 5.82 Å². The first-order valence-electron chi connectivity index (χ1n) is 9.57. The number of carboxylic acid groups (broad SMARTS) is 1. The van der Waals surface area contributed by atoms with E-state index in [-0.39, 0.29) is 23.0 Å². The SMILES string of the molecule is C=CCn1c(CSCc2ccc(F)cc2)nnc1SCC(=O)Nc1cccc(C(=O)O)c1. The van der Waals surface area contributed by atoms with Crippen molar-refractivity contribution in [3.63, 3.8) is 0 Å². The summed E-state index contributed by atoms with van der Waals surface area (Å²) in [6, 6.07) is 12.4. The molecule has 0 aliphatic carbocycles. The van der Waals surface area contributed by atoms with Gasteiger partial charge in [-0.2, -0.15) is 0 Å². The number of hydrogen-bond donors (Lipinski definition) is 2. The summed E-state index contributed by atoms with van der Waals surface area (Å²) in [4.78, 5) is 23.4. The first-order valence-corrected chi connectivity index (χ1v) is 11.7. The zero-order chi connectivity index (χ0) is 22.9. The maximum atomic E-state index is 13.0. The maximum Gasteiger partial charge on any atom is 0.335 e. The van der Waals surface area contributed by atoms with E-state index in [2.05, 4.69) is 22.1 Å². The molecule has 0 saturated carbocycles. The highest BCUT2D eigenvalue weighted by molar-refractivity contribution is 7.99. The van der Waals surface area contributed by atoms with Gasteiger partial charge in [0.1, 0.15) is 11.6 Å². The van der Waals surface area contributed by atoms with Crippen LogP contribution >= 0.6 is 23.5 Å². The van der Waals surface area contributed by atoms with Gasteiger partial charge in [-0.3, -0.25) is 4.79 Å². The highest BCUT2D eigenvalue weighted by atomic mass is 32.2. The molecule has 0 atom stereocenters. The molecule has 0 fully saturated rings. The lowest BCUT2D eigenvalue weighted by Gasteiger charge is -2.08. The van der Waals surface area contributed by atoms with E-state index >= 15 is 0 Å². The number of amides is 1. The van der Waals surface area contributed by atoms with Crippen molar-refractivity contribution in [2.24, 2.45) is 0 Å². The number of nitrogens with zero attached hydrogens (tertiary/aromatic N) is 3. The van der Waals surface area contributed by atoms with Crippen molar-refractivity contribution in [1.82, 2.24) is 14.8 Å². The van der Waals surface area contributed by atoms with Crippen LogP contribution in [-0.2, 0) is 22.8 Å². The number of allylic oxidation sites excluding steroid dienone is 1. The maximum absolute atomic E-state index is 13.0. The number of aromatic nitrogens is 3. The molecular formula is C22H21FN4O3S2. The quantitative estimate of drug-likeness (QED) is 0.314. The monoisotopic (exact) mass is 472 g/mol. The number of hydrogen-bond acceptors (Lipinski definition) is 6. The molecule has 3 aromatic rings. The molecule has 7 nitrogen and oxygen atoms in total. The summed E-state index contributed by atoms with van der Waals surface area (Å²) in [6.07, 6.45) is 1.74. The molecule has 0 saturated heterocycles. The molecule has 0 aliphatic rings. The number of anilines is 1. The van der Waals surface area contributed by atoms with E-state index in [1.807, 2.05) is 4.57 Å². The van der Waals surface area contributed by atoms with Crippen LogP contribution in [0.2, 0.25) is 0 Å². The van der Waals surface area contributed by atoms with Crippen molar-refractivity contribution in [2.75, 3.05) is 11.1 Å². The van der Waals surface area contributed by atoms with Crippen molar-refractivity contribution >= 4 is 41.1 Å². The summed E-state index contributed by atoms with van der Waals surface area (Å²) in [5.74, 6) is 0.568. The topological polar surface area (TPSA) is 97.1 Å². The fourth-order valence-electron chi connectivity index (χ4n) is 2.74. The van der Waals surface area contributed by atoms with Crippen molar-refractivity contribution in [3.8, 4) is 0 Å². The zero-order valence-electron chi connectivity index (χ0n) is 17.0. The minimum atomic E-state index is -1.06. The van der Waals surface area contributed by atoms with Gasteiger partial charge in [0.2, 0.25) is 5.91 Å². The van der Waals surface area contributed by atoms with E-state index in [9.17, 15) is 14.0 Å². The molecule has 0 bridgehead atoms. The van der Waals surface area contributed by atoms with Gasteiger partial charge in [0, 0.05) is 18.0 Å². The lowest BCUT2D eigenvalue weighted by molar-refractivity contribution is -0.113. The fourth-order valence-corrected chi connectivity index (χ4v) is 4.44.